The van der Waals surface area contributed by atoms with Crippen LogP contribution >= 0.6 is 0 Å². The summed E-state index contributed by atoms with van der Waals surface area (Å²) in [6, 6.07) is 4.41. The maximum Gasteiger partial charge on any atom is 0.123 e. The number of benzene rings is 1. The molecule has 0 spiro atoms. The SMILES string of the molecule is C=Cc1c(C)[nH]c(/C=C(\C)c2cc(F)ccc2N)c1C. The maximum absolute atomic E-state index is 13.3. The molecule has 1 aromatic carbocycles. The van der Waals surface area contributed by atoms with Gasteiger partial charge < -0.3 is 10.7 Å². The number of aromatic nitrogens is 1. The van der Waals surface area contributed by atoms with Crippen LogP contribution in [0.15, 0.2) is 24.8 Å². The summed E-state index contributed by atoms with van der Waals surface area (Å²) in [5, 5.41) is 0. The summed E-state index contributed by atoms with van der Waals surface area (Å²) >= 11 is 0. The molecule has 1 aromatic heterocycles. The van der Waals surface area contributed by atoms with E-state index in [-0.39, 0.29) is 5.82 Å². The number of hydrogen-bond acceptors (Lipinski definition) is 1. The van der Waals surface area contributed by atoms with Gasteiger partial charge in [0.05, 0.1) is 0 Å². The van der Waals surface area contributed by atoms with Gasteiger partial charge in [-0.05, 0) is 61.7 Å². The molecule has 0 aliphatic rings. The number of nitrogen functional groups attached to an aromatic ring is 1. The van der Waals surface area contributed by atoms with Crippen LogP contribution < -0.4 is 5.73 Å². The van der Waals surface area contributed by atoms with Gasteiger partial charge in [-0.15, -0.1) is 0 Å². The third-order valence-corrected chi connectivity index (χ3v) is 3.54. The third-order valence-electron chi connectivity index (χ3n) is 3.54. The van der Waals surface area contributed by atoms with Crippen LogP contribution in [0.5, 0.6) is 0 Å². The number of anilines is 1. The normalized spacial score (nSPS) is 11.7. The van der Waals surface area contributed by atoms with E-state index in [1.54, 1.807) is 6.07 Å². The lowest BCUT2D eigenvalue weighted by Gasteiger charge is -2.06. The smallest absolute Gasteiger partial charge is 0.123 e. The minimum absolute atomic E-state index is 0.284. The lowest BCUT2D eigenvalue weighted by Crippen LogP contribution is -1.93. The molecule has 20 heavy (non-hydrogen) atoms. The fourth-order valence-corrected chi connectivity index (χ4v) is 2.40. The van der Waals surface area contributed by atoms with E-state index in [2.05, 4.69) is 11.6 Å². The molecule has 0 amide bonds. The Morgan fingerprint density at radius 1 is 1.35 bits per heavy atom. The lowest BCUT2D eigenvalue weighted by molar-refractivity contribution is 0.627. The van der Waals surface area contributed by atoms with Gasteiger partial charge in [-0.3, -0.25) is 0 Å². The molecule has 0 bridgehead atoms. The zero-order valence-electron chi connectivity index (χ0n) is 12.0. The molecular formula is C17H19FN2. The van der Waals surface area contributed by atoms with Crippen molar-refractivity contribution in [1.82, 2.24) is 4.98 Å². The number of rotatable bonds is 3. The number of aryl methyl sites for hydroxylation is 1. The molecule has 2 aromatic rings. The van der Waals surface area contributed by atoms with Crippen molar-refractivity contribution in [2.75, 3.05) is 5.73 Å². The number of hydrogen-bond donors (Lipinski definition) is 2. The number of aromatic amines is 1. The Balaban J connectivity index is 2.50. The molecule has 104 valence electrons. The molecular weight excluding hydrogens is 251 g/mol. The van der Waals surface area contributed by atoms with Crippen molar-refractivity contribution in [1.29, 1.82) is 0 Å². The Hall–Kier alpha value is -2.29. The largest absolute Gasteiger partial charge is 0.398 e. The molecule has 3 N–H and O–H groups in total. The van der Waals surface area contributed by atoms with Crippen molar-refractivity contribution < 1.29 is 4.39 Å². The lowest BCUT2D eigenvalue weighted by atomic mass is 10.0. The van der Waals surface area contributed by atoms with Gasteiger partial charge in [-0.2, -0.15) is 0 Å². The van der Waals surface area contributed by atoms with Crippen LogP contribution in [-0.2, 0) is 0 Å². The summed E-state index contributed by atoms with van der Waals surface area (Å²) in [7, 11) is 0. The third kappa shape index (κ3) is 2.52. The van der Waals surface area contributed by atoms with Crippen molar-refractivity contribution in [3.05, 3.63) is 58.7 Å². The van der Waals surface area contributed by atoms with Crippen LogP contribution in [0.3, 0.4) is 0 Å². The van der Waals surface area contributed by atoms with E-state index in [1.165, 1.54) is 12.1 Å². The van der Waals surface area contributed by atoms with Gasteiger partial charge in [0.25, 0.3) is 0 Å². The topological polar surface area (TPSA) is 41.8 Å². The summed E-state index contributed by atoms with van der Waals surface area (Å²) < 4.78 is 13.3. The zero-order chi connectivity index (χ0) is 14.9. The van der Waals surface area contributed by atoms with Crippen molar-refractivity contribution in [3.63, 3.8) is 0 Å². The molecule has 2 rings (SSSR count). The first-order valence-corrected chi connectivity index (χ1v) is 6.49. The summed E-state index contributed by atoms with van der Waals surface area (Å²) in [4.78, 5) is 3.32. The van der Waals surface area contributed by atoms with E-state index in [9.17, 15) is 4.39 Å². The maximum atomic E-state index is 13.3. The van der Waals surface area contributed by atoms with Crippen molar-refractivity contribution in [2.45, 2.75) is 20.8 Å². The van der Waals surface area contributed by atoms with Crippen molar-refractivity contribution in [2.24, 2.45) is 0 Å². The van der Waals surface area contributed by atoms with Gasteiger partial charge in [0.15, 0.2) is 0 Å². The van der Waals surface area contributed by atoms with E-state index in [0.717, 1.165) is 33.7 Å². The van der Waals surface area contributed by atoms with Crippen LogP contribution in [0.1, 0.15) is 35.0 Å². The molecule has 0 fully saturated rings. The minimum atomic E-state index is -0.284. The Morgan fingerprint density at radius 3 is 2.65 bits per heavy atom. The molecule has 0 saturated heterocycles. The van der Waals surface area contributed by atoms with Crippen molar-refractivity contribution in [3.8, 4) is 0 Å². The average Bonchev–Trinajstić information content (AvgIpc) is 2.66. The molecule has 0 saturated carbocycles. The zero-order valence-corrected chi connectivity index (χ0v) is 12.0. The molecule has 2 nitrogen and oxygen atoms in total. The predicted molar refractivity (Wildman–Crippen MR) is 84.7 cm³/mol. The van der Waals surface area contributed by atoms with Gasteiger partial charge in [-0.25, -0.2) is 4.39 Å². The highest BCUT2D eigenvalue weighted by Gasteiger charge is 2.09. The predicted octanol–water partition coefficient (Wildman–Crippen LogP) is 4.56. The summed E-state index contributed by atoms with van der Waals surface area (Å²) in [6.07, 6.45) is 3.82. The van der Waals surface area contributed by atoms with Crippen LogP contribution in [-0.4, -0.2) is 4.98 Å². The van der Waals surface area contributed by atoms with E-state index in [4.69, 9.17) is 5.73 Å². The van der Waals surface area contributed by atoms with E-state index >= 15 is 0 Å². The van der Waals surface area contributed by atoms with Gasteiger partial charge in [0, 0.05) is 22.6 Å². The Morgan fingerprint density at radius 2 is 2.05 bits per heavy atom. The second-order valence-electron chi connectivity index (χ2n) is 4.97. The van der Waals surface area contributed by atoms with E-state index in [0.29, 0.717) is 5.69 Å². The highest BCUT2D eigenvalue weighted by atomic mass is 19.1. The van der Waals surface area contributed by atoms with E-state index < -0.39 is 0 Å². The second kappa shape index (κ2) is 5.37. The van der Waals surface area contributed by atoms with E-state index in [1.807, 2.05) is 32.9 Å². The molecule has 0 aliphatic carbocycles. The number of halogens is 1. The number of allylic oxidation sites excluding steroid dienone is 1. The first kappa shape index (κ1) is 14.1. The highest BCUT2D eigenvalue weighted by molar-refractivity contribution is 5.85. The molecule has 0 aliphatic heterocycles. The summed E-state index contributed by atoms with van der Waals surface area (Å²) in [5.41, 5.74) is 12.4. The molecule has 3 heteroatoms. The first-order chi connectivity index (χ1) is 9.43. The monoisotopic (exact) mass is 270 g/mol. The summed E-state index contributed by atoms with van der Waals surface area (Å²) in [6.45, 7) is 9.79. The minimum Gasteiger partial charge on any atom is -0.398 e. The van der Waals surface area contributed by atoms with Gasteiger partial charge in [-0.1, -0.05) is 12.7 Å². The Bertz CT molecular complexity index is 693. The number of H-pyrrole nitrogens is 1. The first-order valence-electron chi connectivity index (χ1n) is 6.49. The average molecular weight is 270 g/mol. The molecule has 0 unspecified atom stereocenters. The van der Waals surface area contributed by atoms with Crippen LogP contribution in [0.2, 0.25) is 0 Å². The fraction of sp³-hybridized carbons (Fsp3) is 0.176. The highest BCUT2D eigenvalue weighted by Crippen LogP contribution is 2.27. The molecule has 0 atom stereocenters. The van der Waals surface area contributed by atoms with Crippen LogP contribution in [0, 0.1) is 19.7 Å². The van der Waals surface area contributed by atoms with Crippen LogP contribution in [0.25, 0.3) is 17.7 Å². The number of nitrogens with two attached hydrogens (primary N) is 1. The van der Waals surface area contributed by atoms with Crippen molar-refractivity contribution >= 4 is 23.4 Å². The molecule has 1 heterocycles. The molecule has 0 radical (unpaired) electrons. The second-order valence-corrected chi connectivity index (χ2v) is 4.97. The standard InChI is InChI=1S/C17H19FN2/c1-5-14-11(3)17(20-12(14)4)8-10(2)15-9-13(18)6-7-16(15)19/h5-9,20H,1,19H2,2-4H3/b10-8+. The van der Waals surface area contributed by atoms with Gasteiger partial charge in [0.2, 0.25) is 0 Å². The fourth-order valence-electron chi connectivity index (χ4n) is 2.40. The summed E-state index contributed by atoms with van der Waals surface area (Å²) in [5.74, 6) is -0.284. The van der Waals surface area contributed by atoms with Crippen LogP contribution in [0.4, 0.5) is 10.1 Å². The Kier molecular flexibility index (Phi) is 3.79. The van der Waals surface area contributed by atoms with Gasteiger partial charge in [0.1, 0.15) is 5.82 Å². The Labute approximate surface area is 118 Å². The van der Waals surface area contributed by atoms with Gasteiger partial charge >= 0.3 is 0 Å². The quantitative estimate of drug-likeness (QED) is 0.789. The number of nitrogens with one attached hydrogen (secondary N) is 1.